The Balaban J connectivity index is 2.69. The molecule has 0 aliphatic carbocycles. The van der Waals surface area contributed by atoms with Crippen LogP contribution in [0.3, 0.4) is 0 Å². The minimum absolute atomic E-state index is 0.569. The number of allylic oxidation sites excluding steroid dienone is 2. The van der Waals surface area contributed by atoms with E-state index >= 15 is 0 Å². The van der Waals surface area contributed by atoms with Gasteiger partial charge in [0.05, 0.1) is 0 Å². The van der Waals surface area contributed by atoms with E-state index in [0.29, 0.717) is 5.92 Å². The van der Waals surface area contributed by atoms with Crippen molar-refractivity contribution in [2.75, 3.05) is 0 Å². The SMILES string of the molecule is CC1=CC(C)C=N1. The number of hydrogen-bond acceptors (Lipinski definition) is 1. The van der Waals surface area contributed by atoms with Gasteiger partial charge in [0, 0.05) is 17.8 Å². The number of rotatable bonds is 0. The molecule has 0 aromatic heterocycles. The van der Waals surface area contributed by atoms with E-state index < -0.39 is 0 Å². The van der Waals surface area contributed by atoms with E-state index in [1.54, 1.807) is 0 Å². The molecule has 0 saturated heterocycles. The van der Waals surface area contributed by atoms with Gasteiger partial charge in [-0.15, -0.1) is 0 Å². The van der Waals surface area contributed by atoms with Crippen molar-refractivity contribution in [3.63, 3.8) is 0 Å². The summed E-state index contributed by atoms with van der Waals surface area (Å²) in [6, 6.07) is 0. The predicted molar refractivity (Wildman–Crippen MR) is 31.4 cm³/mol. The quantitative estimate of drug-likeness (QED) is 0.433. The third-order valence-electron chi connectivity index (χ3n) is 1.02. The van der Waals surface area contributed by atoms with Gasteiger partial charge in [-0.2, -0.15) is 0 Å². The molecule has 0 N–H and O–H groups in total. The standard InChI is InChI=1S/C6H9N/c1-5-3-6(2)7-4-5/h3-5H,1-2H3. The maximum absolute atomic E-state index is 4.05. The fourth-order valence-corrected chi connectivity index (χ4v) is 0.702. The van der Waals surface area contributed by atoms with E-state index in [1.165, 1.54) is 0 Å². The fraction of sp³-hybridized carbons (Fsp3) is 0.500. The smallest absolute Gasteiger partial charge is 0.0335 e. The van der Waals surface area contributed by atoms with Gasteiger partial charge in [0.15, 0.2) is 0 Å². The van der Waals surface area contributed by atoms with Crippen LogP contribution in [-0.2, 0) is 0 Å². The first-order valence-corrected chi connectivity index (χ1v) is 2.51. The molecule has 7 heavy (non-hydrogen) atoms. The predicted octanol–water partition coefficient (Wildman–Crippen LogP) is 1.61. The van der Waals surface area contributed by atoms with Crippen LogP contribution < -0.4 is 0 Å². The van der Waals surface area contributed by atoms with Gasteiger partial charge in [-0.1, -0.05) is 13.0 Å². The van der Waals surface area contributed by atoms with Gasteiger partial charge in [-0.25, -0.2) is 0 Å². The minimum atomic E-state index is 0.569. The second-order valence-electron chi connectivity index (χ2n) is 1.95. The Labute approximate surface area is 43.8 Å². The fourth-order valence-electron chi connectivity index (χ4n) is 0.702. The first kappa shape index (κ1) is 4.57. The lowest BCUT2D eigenvalue weighted by atomic mass is 10.2. The number of hydrogen-bond donors (Lipinski definition) is 0. The van der Waals surface area contributed by atoms with Crippen LogP contribution in [-0.4, -0.2) is 6.21 Å². The first-order chi connectivity index (χ1) is 3.29. The maximum Gasteiger partial charge on any atom is 0.0335 e. The van der Waals surface area contributed by atoms with E-state index in [9.17, 15) is 0 Å². The molecule has 0 radical (unpaired) electrons. The molecule has 1 heteroatoms. The highest BCUT2D eigenvalue weighted by Gasteiger charge is 1.98. The lowest BCUT2D eigenvalue weighted by molar-refractivity contribution is 1.04. The molecule has 1 aliphatic heterocycles. The molecule has 1 atom stereocenters. The molecule has 1 heterocycles. The van der Waals surface area contributed by atoms with E-state index in [-0.39, 0.29) is 0 Å². The van der Waals surface area contributed by atoms with Crippen LogP contribution in [0.1, 0.15) is 13.8 Å². The van der Waals surface area contributed by atoms with Crippen molar-refractivity contribution < 1.29 is 0 Å². The van der Waals surface area contributed by atoms with Gasteiger partial charge in [0.2, 0.25) is 0 Å². The summed E-state index contributed by atoms with van der Waals surface area (Å²) in [6.07, 6.45) is 4.09. The van der Waals surface area contributed by atoms with E-state index in [1.807, 2.05) is 13.1 Å². The average Bonchev–Trinajstić information content (AvgIpc) is 1.87. The Morgan fingerprint density at radius 2 is 2.43 bits per heavy atom. The third kappa shape index (κ3) is 0.889. The number of aliphatic imine (C=N–C) groups is 1. The van der Waals surface area contributed by atoms with Crippen LogP contribution in [0.25, 0.3) is 0 Å². The Kier molecular flexibility index (Phi) is 0.970. The molecule has 1 aliphatic rings. The summed E-state index contributed by atoms with van der Waals surface area (Å²) in [7, 11) is 0. The van der Waals surface area contributed by atoms with Gasteiger partial charge in [0.1, 0.15) is 0 Å². The first-order valence-electron chi connectivity index (χ1n) is 2.51. The van der Waals surface area contributed by atoms with Crippen molar-refractivity contribution >= 4 is 6.21 Å². The van der Waals surface area contributed by atoms with Gasteiger partial charge in [0.25, 0.3) is 0 Å². The van der Waals surface area contributed by atoms with Crippen molar-refractivity contribution in [3.8, 4) is 0 Å². The van der Waals surface area contributed by atoms with Crippen molar-refractivity contribution in [3.05, 3.63) is 11.8 Å². The molecule has 0 spiro atoms. The Bertz CT molecular complexity index is 122. The van der Waals surface area contributed by atoms with Crippen molar-refractivity contribution in [2.45, 2.75) is 13.8 Å². The van der Waals surface area contributed by atoms with Crippen molar-refractivity contribution in [1.29, 1.82) is 0 Å². The highest BCUT2D eigenvalue weighted by Crippen LogP contribution is 2.08. The summed E-state index contributed by atoms with van der Waals surface area (Å²) in [6.45, 7) is 4.14. The summed E-state index contributed by atoms with van der Waals surface area (Å²) in [4.78, 5) is 4.05. The summed E-state index contributed by atoms with van der Waals surface area (Å²) in [5.41, 5.74) is 1.15. The third-order valence-corrected chi connectivity index (χ3v) is 1.02. The lowest BCUT2D eigenvalue weighted by Gasteiger charge is -1.82. The molecule has 0 fully saturated rings. The van der Waals surface area contributed by atoms with Gasteiger partial charge in [-0.05, 0) is 6.92 Å². The molecule has 38 valence electrons. The van der Waals surface area contributed by atoms with Gasteiger partial charge in [-0.3, -0.25) is 4.99 Å². The van der Waals surface area contributed by atoms with Crippen LogP contribution >= 0.6 is 0 Å². The molecule has 1 nitrogen and oxygen atoms in total. The zero-order valence-corrected chi connectivity index (χ0v) is 4.68. The second kappa shape index (κ2) is 1.49. The highest BCUT2D eigenvalue weighted by molar-refractivity contribution is 5.67. The van der Waals surface area contributed by atoms with E-state index in [0.717, 1.165) is 5.70 Å². The Morgan fingerprint density at radius 3 is 2.57 bits per heavy atom. The maximum atomic E-state index is 4.05. The summed E-state index contributed by atoms with van der Waals surface area (Å²) in [5.74, 6) is 0.569. The van der Waals surface area contributed by atoms with Crippen LogP contribution in [0.4, 0.5) is 0 Å². The molecule has 0 bridgehead atoms. The van der Waals surface area contributed by atoms with Gasteiger partial charge >= 0.3 is 0 Å². The average molecular weight is 95.1 g/mol. The van der Waals surface area contributed by atoms with Crippen LogP contribution in [0.5, 0.6) is 0 Å². The molecule has 0 aromatic rings. The number of nitrogens with zero attached hydrogens (tertiary/aromatic N) is 1. The Morgan fingerprint density at radius 1 is 1.71 bits per heavy atom. The molecule has 1 unspecified atom stereocenters. The van der Waals surface area contributed by atoms with Crippen LogP contribution in [0, 0.1) is 5.92 Å². The highest BCUT2D eigenvalue weighted by atomic mass is 14.7. The van der Waals surface area contributed by atoms with Crippen molar-refractivity contribution in [2.24, 2.45) is 10.9 Å². The second-order valence-corrected chi connectivity index (χ2v) is 1.95. The van der Waals surface area contributed by atoms with E-state index in [4.69, 9.17) is 0 Å². The summed E-state index contributed by atoms with van der Waals surface area (Å²) < 4.78 is 0. The van der Waals surface area contributed by atoms with E-state index in [2.05, 4.69) is 18.0 Å². The molecule has 0 aromatic carbocycles. The topological polar surface area (TPSA) is 12.4 Å². The zero-order chi connectivity index (χ0) is 5.28. The van der Waals surface area contributed by atoms with Gasteiger partial charge < -0.3 is 0 Å². The summed E-state index contributed by atoms with van der Waals surface area (Å²) >= 11 is 0. The Hall–Kier alpha value is -0.590. The molecule has 0 saturated carbocycles. The normalized spacial score (nSPS) is 28.3. The lowest BCUT2D eigenvalue weighted by Crippen LogP contribution is -1.81. The molecular formula is C6H9N. The molecule has 1 rings (SSSR count). The zero-order valence-electron chi connectivity index (χ0n) is 4.68. The van der Waals surface area contributed by atoms with Crippen LogP contribution in [0.15, 0.2) is 16.8 Å². The largest absolute Gasteiger partial charge is 0.266 e. The summed E-state index contributed by atoms with van der Waals surface area (Å²) in [5, 5.41) is 0. The van der Waals surface area contributed by atoms with Crippen LogP contribution in [0.2, 0.25) is 0 Å². The monoisotopic (exact) mass is 95.1 g/mol. The molecule has 0 amide bonds. The molecular weight excluding hydrogens is 86.1 g/mol. The van der Waals surface area contributed by atoms with Crippen molar-refractivity contribution in [1.82, 2.24) is 0 Å². The minimum Gasteiger partial charge on any atom is -0.266 e.